The van der Waals surface area contributed by atoms with Crippen molar-refractivity contribution in [1.82, 2.24) is 4.98 Å². The smallest absolute Gasteiger partial charge is 0.356 e. The van der Waals surface area contributed by atoms with Crippen LogP contribution in [-0.4, -0.2) is 24.3 Å². The van der Waals surface area contributed by atoms with E-state index in [2.05, 4.69) is 10.3 Å². The van der Waals surface area contributed by atoms with E-state index in [1.54, 1.807) is 23.9 Å². The number of carbonyl (C=O) groups excluding carboxylic acids is 1. The Morgan fingerprint density at radius 1 is 1.21 bits per heavy atom. The van der Waals surface area contributed by atoms with Crippen molar-refractivity contribution < 1.29 is 13.9 Å². The van der Waals surface area contributed by atoms with Crippen LogP contribution in [0.3, 0.4) is 0 Å². The van der Waals surface area contributed by atoms with E-state index in [4.69, 9.17) is 4.74 Å². The summed E-state index contributed by atoms with van der Waals surface area (Å²) in [5.74, 6) is -0.904. The maximum atomic E-state index is 13.6. The van der Waals surface area contributed by atoms with Crippen LogP contribution in [0.25, 0.3) is 10.9 Å². The summed E-state index contributed by atoms with van der Waals surface area (Å²) in [6.07, 6.45) is 1.99. The van der Waals surface area contributed by atoms with E-state index in [-0.39, 0.29) is 11.5 Å². The minimum Gasteiger partial charge on any atom is -0.464 e. The number of carbonyl (C=O) groups is 1. The fraction of sp³-hybridized carbons (Fsp3) is 0.111. The van der Waals surface area contributed by atoms with Crippen molar-refractivity contribution >= 4 is 40.0 Å². The lowest BCUT2D eigenvalue weighted by atomic mass is 10.1. The first kappa shape index (κ1) is 16.3. The molecule has 2 aromatic carbocycles. The van der Waals surface area contributed by atoms with Gasteiger partial charge in [-0.3, -0.25) is 0 Å². The molecule has 0 aliphatic rings. The fourth-order valence-electron chi connectivity index (χ4n) is 2.37. The summed E-state index contributed by atoms with van der Waals surface area (Å²) in [6.45, 7) is 0. The molecule has 0 aliphatic heterocycles. The third kappa shape index (κ3) is 3.33. The van der Waals surface area contributed by atoms with Crippen molar-refractivity contribution in [3.8, 4) is 0 Å². The molecule has 0 fully saturated rings. The number of esters is 1. The second kappa shape index (κ2) is 6.88. The molecular weight excluding hydrogens is 327 g/mol. The molecule has 6 heteroatoms. The molecule has 0 spiro atoms. The zero-order chi connectivity index (χ0) is 17.1. The number of halogens is 1. The number of hydrogen-bond acceptors (Lipinski definition) is 5. The second-order valence-corrected chi connectivity index (χ2v) is 5.94. The first-order valence-corrected chi connectivity index (χ1v) is 8.43. The van der Waals surface area contributed by atoms with Gasteiger partial charge in [-0.15, -0.1) is 11.8 Å². The number of anilines is 2. The third-order valence-electron chi connectivity index (χ3n) is 3.51. The summed E-state index contributed by atoms with van der Waals surface area (Å²) in [7, 11) is 1.30. The van der Waals surface area contributed by atoms with E-state index in [0.29, 0.717) is 16.6 Å². The molecular formula is C18H15FN2O2S. The molecule has 3 aromatic rings. The number of hydrogen-bond donors (Lipinski definition) is 1. The van der Waals surface area contributed by atoms with Crippen molar-refractivity contribution in [2.45, 2.75) is 4.90 Å². The van der Waals surface area contributed by atoms with Crippen LogP contribution in [0.15, 0.2) is 53.4 Å². The zero-order valence-electron chi connectivity index (χ0n) is 13.2. The Morgan fingerprint density at radius 3 is 2.79 bits per heavy atom. The van der Waals surface area contributed by atoms with Gasteiger partial charge in [-0.25, -0.2) is 14.2 Å². The Labute approximate surface area is 143 Å². The standard InChI is InChI=1S/C18H15FN2O2S/c1-23-18(22)17-10-16(14-8-11(19)6-7-15(14)21-17)20-12-4-3-5-13(9-12)24-2/h3-10H,1-2H3,(H,20,21). The van der Waals surface area contributed by atoms with Crippen molar-refractivity contribution in [3.05, 3.63) is 60.0 Å². The summed E-state index contributed by atoms with van der Waals surface area (Å²) in [4.78, 5) is 17.2. The predicted octanol–water partition coefficient (Wildman–Crippen LogP) is 4.63. The third-order valence-corrected chi connectivity index (χ3v) is 4.24. The van der Waals surface area contributed by atoms with Crippen LogP contribution in [0.2, 0.25) is 0 Å². The number of ether oxygens (including phenoxy) is 1. The topological polar surface area (TPSA) is 51.2 Å². The maximum Gasteiger partial charge on any atom is 0.356 e. The van der Waals surface area contributed by atoms with Crippen molar-refractivity contribution in [2.24, 2.45) is 0 Å². The SMILES string of the molecule is COC(=O)c1cc(Nc2cccc(SC)c2)c2cc(F)ccc2n1. The summed E-state index contributed by atoms with van der Waals surface area (Å²) in [5.41, 5.74) is 2.12. The lowest BCUT2D eigenvalue weighted by Crippen LogP contribution is -2.06. The number of rotatable bonds is 4. The van der Waals surface area contributed by atoms with Gasteiger partial charge in [-0.1, -0.05) is 6.07 Å². The minimum absolute atomic E-state index is 0.167. The van der Waals surface area contributed by atoms with E-state index >= 15 is 0 Å². The first-order chi connectivity index (χ1) is 11.6. The predicted molar refractivity (Wildman–Crippen MR) is 94.5 cm³/mol. The van der Waals surface area contributed by atoms with Gasteiger partial charge < -0.3 is 10.1 Å². The van der Waals surface area contributed by atoms with Gasteiger partial charge in [0.05, 0.1) is 18.3 Å². The molecule has 0 bridgehead atoms. The summed E-state index contributed by atoms with van der Waals surface area (Å²) in [6, 6.07) is 13.6. The first-order valence-electron chi connectivity index (χ1n) is 7.20. The van der Waals surface area contributed by atoms with E-state index in [9.17, 15) is 9.18 Å². The van der Waals surface area contributed by atoms with E-state index in [0.717, 1.165) is 10.6 Å². The lowest BCUT2D eigenvalue weighted by Gasteiger charge is -2.12. The molecule has 0 radical (unpaired) electrons. The van der Waals surface area contributed by atoms with Gasteiger partial charge in [0.1, 0.15) is 5.82 Å². The van der Waals surface area contributed by atoms with Crippen LogP contribution < -0.4 is 5.32 Å². The highest BCUT2D eigenvalue weighted by Gasteiger charge is 2.13. The van der Waals surface area contributed by atoms with E-state index in [1.807, 2.05) is 30.5 Å². The van der Waals surface area contributed by atoms with Gasteiger partial charge in [0, 0.05) is 16.0 Å². The molecule has 0 atom stereocenters. The molecule has 1 aromatic heterocycles. The van der Waals surface area contributed by atoms with Crippen LogP contribution >= 0.6 is 11.8 Å². The zero-order valence-corrected chi connectivity index (χ0v) is 14.0. The summed E-state index contributed by atoms with van der Waals surface area (Å²) >= 11 is 1.62. The number of pyridine rings is 1. The van der Waals surface area contributed by atoms with Crippen LogP contribution in [0, 0.1) is 5.82 Å². The Kier molecular flexibility index (Phi) is 4.66. The van der Waals surface area contributed by atoms with Crippen molar-refractivity contribution in [1.29, 1.82) is 0 Å². The molecule has 3 rings (SSSR count). The van der Waals surface area contributed by atoms with Crippen molar-refractivity contribution in [3.63, 3.8) is 0 Å². The largest absolute Gasteiger partial charge is 0.464 e. The van der Waals surface area contributed by atoms with Gasteiger partial charge >= 0.3 is 5.97 Å². The molecule has 1 N–H and O–H groups in total. The number of aromatic nitrogens is 1. The number of nitrogens with one attached hydrogen (secondary N) is 1. The highest BCUT2D eigenvalue weighted by molar-refractivity contribution is 7.98. The fourth-order valence-corrected chi connectivity index (χ4v) is 2.83. The Morgan fingerprint density at radius 2 is 2.04 bits per heavy atom. The Hall–Kier alpha value is -2.60. The number of benzene rings is 2. The van der Waals surface area contributed by atoms with E-state index < -0.39 is 5.97 Å². The van der Waals surface area contributed by atoms with Gasteiger partial charge in [-0.2, -0.15) is 0 Å². The average molecular weight is 342 g/mol. The molecule has 0 saturated heterocycles. The molecule has 24 heavy (non-hydrogen) atoms. The molecule has 0 amide bonds. The molecule has 1 heterocycles. The van der Waals surface area contributed by atoms with Crippen LogP contribution in [0.4, 0.5) is 15.8 Å². The number of nitrogens with zero attached hydrogens (tertiary/aromatic N) is 1. The Balaban J connectivity index is 2.12. The summed E-state index contributed by atoms with van der Waals surface area (Å²) < 4.78 is 18.4. The Bertz CT molecular complexity index is 915. The van der Waals surface area contributed by atoms with Gasteiger partial charge in [-0.05, 0) is 48.7 Å². The van der Waals surface area contributed by atoms with Gasteiger partial charge in [0.25, 0.3) is 0 Å². The normalized spacial score (nSPS) is 10.6. The second-order valence-electron chi connectivity index (χ2n) is 5.07. The van der Waals surface area contributed by atoms with Crippen LogP contribution in [0.5, 0.6) is 0 Å². The van der Waals surface area contributed by atoms with Gasteiger partial charge in [0.15, 0.2) is 5.69 Å². The van der Waals surface area contributed by atoms with Crippen LogP contribution in [-0.2, 0) is 4.74 Å². The highest BCUT2D eigenvalue weighted by atomic mass is 32.2. The minimum atomic E-state index is -0.540. The molecule has 0 saturated carbocycles. The number of thioether (sulfide) groups is 1. The monoisotopic (exact) mass is 342 g/mol. The quantitative estimate of drug-likeness (QED) is 0.553. The molecule has 4 nitrogen and oxygen atoms in total. The number of fused-ring (bicyclic) bond motifs is 1. The average Bonchev–Trinajstić information content (AvgIpc) is 2.61. The highest BCUT2D eigenvalue weighted by Crippen LogP contribution is 2.29. The van der Waals surface area contributed by atoms with Crippen LogP contribution in [0.1, 0.15) is 10.5 Å². The number of methoxy groups -OCH3 is 1. The molecule has 0 aliphatic carbocycles. The lowest BCUT2D eigenvalue weighted by molar-refractivity contribution is 0.0594. The van der Waals surface area contributed by atoms with Gasteiger partial charge in [0.2, 0.25) is 0 Å². The van der Waals surface area contributed by atoms with Crippen molar-refractivity contribution in [2.75, 3.05) is 18.7 Å². The molecule has 122 valence electrons. The maximum absolute atomic E-state index is 13.6. The van der Waals surface area contributed by atoms with E-state index in [1.165, 1.54) is 19.2 Å². The molecule has 0 unspecified atom stereocenters. The summed E-state index contributed by atoms with van der Waals surface area (Å²) in [5, 5.41) is 3.84.